The SMILES string of the molecule is COCCOc1cc(C)ccc1CNC(=NCc1ccccc1)NCC(=O)N(C)C. The largest absolute Gasteiger partial charge is 0.491 e. The van der Waals surface area contributed by atoms with E-state index in [4.69, 9.17) is 9.47 Å². The number of hydrogen-bond donors (Lipinski definition) is 2. The molecule has 0 unspecified atom stereocenters. The molecule has 0 saturated carbocycles. The first-order chi connectivity index (χ1) is 14.5. The molecule has 7 nitrogen and oxygen atoms in total. The fourth-order valence-corrected chi connectivity index (χ4v) is 2.60. The first-order valence-electron chi connectivity index (χ1n) is 9.97. The zero-order chi connectivity index (χ0) is 21.8. The van der Waals surface area contributed by atoms with Crippen LogP contribution in [0.3, 0.4) is 0 Å². The molecule has 0 bridgehead atoms. The number of aryl methyl sites for hydroxylation is 1. The van der Waals surface area contributed by atoms with Crippen molar-refractivity contribution in [1.29, 1.82) is 0 Å². The summed E-state index contributed by atoms with van der Waals surface area (Å²) in [5, 5.41) is 6.42. The average Bonchev–Trinajstić information content (AvgIpc) is 2.74. The van der Waals surface area contributed by atoms with E-state index in [0.717, 1.165) is 22.4 Å². The monoisotopic (exact) mass is 412 g/mol. The number of carbonyl (C=O) groups excluding carboxylic acids is 1. The quantitative estimate of drug-likeness (QED) is 0.356. The Labute approximate surface area is 179 Å². The zero-order valence-electron chi connectivity index (χ0n) is 18.3. The molecule has 0 aliphatic rings. The van der Waals surface area contributed by atoms with Crippen LogP contribution in [0, 0.1) is 6.92 Å². The Morgan fingerprint density at radius 1 is 1.07 bits per heavy atom. The molecule has 7 heteroatoms. The lowest BCUT2D eigenvalue weighted by molar-refractivity contribution is -0.127. The van der Waals surface area contributed by atoms with Crippen LogP contribution < -0.4 is 15.4 Å². The number of nitrogens with zero attached hydrogens (tertiary/aromatic N) is 2. The smallest absolute Gasteiger partial charge is 0.241 e. The van der Waals surface area contributed by atoms with Gasteiger partial charge in [-0.2, -0.15) is 0 Å². The highest BCUT2D eigenvalue weighted by atomic mass is 16.5. The van der Waals surface area contributed by atoms with Gasteiger partial charge in [-0.3, -0.25) is 4.79 Å². The predicted molar refractivity (Wildman–Crippen MR) is 120 cm³/mol. The minimum atomic E-state index is -0.0249. The second kappa shape index (κ2) is 12.5. The zero-order valence-corrected chi connectivity index (χ0v) is 18.3. The van der Waals surface area contributed by atoms with E-state index in [1.165, 1.54) is 0 Å². The van der Waals surface area contributed by atoms with E-state index in [1.54, 1.807) is 26.1 Å². The number of aliphatic imine (C=N–C) groups is 1. The van der Waals surface area contributed by atoms with Gasteiger partial charge in [-0.25, -0.2) is 4.99 Å². The number of ether oxygens (including phenoxy) is 2. The summed E-state index contributed by atoms with van der Waals surface area (Å²) in [6.07, 6.45) is 0. The van der Waals surface area contributed by atoms with Crippen molar-refractivity contribution in [1.82, 2.24) is 15.5 Å². The molecule has 0 fully saturated rings. The summed E-state index contributed by atoms with van der Waals surface area (Å²) in [5.74, 6) is 1.35. The third-order valence-electron chi connectivity index (χ3n) is 4.38. The van der Waals surface area contributed by atoms with Gasteiger partial charge in [-0.15, -0.1) is 0 Å². The summed E-state index contributed by atoms with van der Waals surface area (Å²) >= 11 is 0. The topological polar surface area (TPSA) is 75.2 Å². The van der Waals surface area contributed by atoms with Gasteiger partial charge >= 0.3 is 0 Å². The van der Waals surface area contributed by atoms with Crippen molar-refractivity contribution in [2.24, 2.45) is 4.99 Å². The van der Waals surface area contributed by atoms with Gasteiger partial charge < -0.3 is 25.0 Å². The van der Waals surface area contributed by atoms with Crippen LogP contribution in [0.5, 0.6) is 5.75 Å². The first-order valence-corrected chi connectivity index (χ1v) is 9.97. The van der Waals surface area contributed by atoms with E-state index in [9.17, 15) is 4.79 Å². The highest BCUT2D eigenvalue weighted by molar-refractivity contribution is 5.86. The molecule has 0 saturated heterocycles. The van der Waals surface area contributed by atoms with Gasteiger partial charge in [0.2, 0.25) is 5.91 Å². The maximum atomic E-state index is 12.0. The molecule has 0 atom stereocenters. The van der Waals surface area contributed by atoms with E-state index in [-0.39, 0.29) is 12.5 Å². The van der Waals surface area contributed by atoms with Crippen LogP contribution in [-0.2, 0) is 22.6 Å². The standard InChI is InChI=1S/C23H32N4O3/c1-18-10-11-20(21(14-18)30-13-12-29-4)16-25-23(26-17-22(28)27(2)3)24-15-19-8-6-5-7-9-19/h5-11,14H,12-13,15-17H2,1-4H3,(H2,24,25,26). The maximum Gasteiger partial charge on any atom is 0.241 e. The molecule has 0 spiro atoms. The van der Waals surface area contributed by atoms with Crippen molar-refractivity contribution >= 4 is 11.9 Å². The number of likely N-dealkylation sites (N-methyl/N-ethyl adjacent to an activating group) is 1. The van der Waals surface area contributed by atoms with Crippen LogP contribution >= 0.6 is 0 Å². The number of rotatable bonds is 10. The lowest BCUT2D eigenvalue weighted by Crippen LogP contribution is -2.42. The van der Waals surface area contributed by atoms with Gasteiger partial charge in [0.05, 0.1) is 19.7 Å². The van der Waals surface area contributed by atoms with Crippen molar-refractivity contribution < 1.29 is 14.3 Å². The lowest BCUT2D eigenvalue weighted by atomic mass is 10.1. The molecule has 1 amide bonds. The average molecular weight is 413 g/mol. The fourth-order valence-electron chi connectivity index (χ4n) is 2.60. The van der Waals surface area contributed by atoms with Crippen molar-refractivity contribution in [3.05, 3.63) is 65.2 Å². The number of nitrogens with one attached hydrogen (secondary N) is 2. The number of hydrogen-bond acceptors (Lipinski definition) is 4. The summed E-state index contributed by atoms with van der Waals surface area (Å²) in [5.41, 5.74) is 3.22. The Morgan fingerprint density at radius 2 is 1.83 bits per heavy atom. The fraction of sp³-hybridized carbons (Fsp3) is 0.391. The molecule has 0 aromatic heterocycles. The summed E-state index contributed by atoms with van der Waals surface area (Å²) in [6.45, 7) is 4.23. The molecule has 0 heterocycles. The summed E-state index contributed by atoms with van der Waals surface area (Å²) in [7, 11) is 5.11. The van der Waals surface area contributed by atoms with Crippen molar-refractivity contribution in [2.45, 2.75) is 20.0 Å². The minimum Gasteiger partial charge on any atom is -0.491 e. The van der Waals surface area contributed by atoms with Crippen LogP contribution in [0.4, 0.5) is 0 Å². The van der Waals surface area contributed by atoms with Gasteiger partial charge in [0.15, 0.2) is 5.96 Å². The van der Waals surface area contributed by atoms with Crippen molar-refractivity contribution in [3.8, 4) is 5.75 Å². The Kier molecular flexibility index (Phi) is 9.67. The van der Waals surface area contributed by atoms with Crippen LogP contribution in [0.2, 0.25) is 0 Å². The molecule has 2 N–H and O–H groups in total. The number of carbonyl (C=O) groups is 1. The van der Waals surface area contributed by atoms with E-state index in [1.807, 2.05) is 55.5 Å². The van der Waals surface area contributed by atoms with Crippen LogP contribution in [-0.4, -0.2) is 57.7 Å². The molecule has 0 aliphatic heterocycles. The third-order valence-corrected chi connectivity index (χ3v) is 4.38. The van der Waals surface area contributed by atoms with Crippen LogP contribution in [0.15, 0.2) is 53.5 Å². The van der Waals surface area contributed by atoms with E-state index >= 15 is 0 Å². The minimum absolute atomic E-state index is 0.0249. The molecule has 2 aromatic carbocycles. The second-order valence-corrected chi connectivity index (χ2v) is 7.10. The molecule has 0 aliphatic carbocycles. The summed E-state index contributed by atoms with van der Waals surface area (Å²) in [6, 6.07) is 16.1. The summed E-state index contributed by atoms with van der Waals surface area (Å²) in [4.78, 5) is 18.2. The van der Waals surface area contributed by atoms with Gasteiger partial charge in [-0.05, 0) is 24.1 Å². The Hall–Kier alpha value is -3.06. The number of benzene rings is 2. The van der Waals surface area contributed by atoms with Gasteiger partial charge in [0, 0.05) is 33.3 Å². The van der Waals surface area contributed by atoms with Crippen LogP contribution in [0.1, 0.15) is 16.7 Å². The molecule has 2 aromatic rings. The number of amides is 1. The van der Waals surface area contributed by atoms with Crippen molar-refractivity contribution in [3.63, 3.8) is 0 Å². The molecule has 30 heavy (non-hydrogen) atoms. The number of guanidine groups is 1. The second-order valence-electron chi connectivity index (χ2n) is 7.10. The first kappa shape index (κ1) is 23.2. The molecule has 2 rings (SSSR count). The third kappa shape index (κ3) is 8.13. The maximum absolute atomic E-state index is 12.0. The summed E-state index contributed by atoms with van der Waals surface area (Å²) < 4.78 is 10.9. The highest BCUT2D eigenvalue weighted by Gasteiger charge is 2.09. The van der Waals surface area contributed by atoms with Crippen LogP contribution in [0.25, 0.3) is 0 Å². The van der Waals surface area contributed by atoms with Gasteiger partial charge in [0.1, 0.15) is 12.4 Å². The molecular weight excluding hydrogens is 380 g/mol. The van der Waals surface area contributed by atoms with E-state index in [2.05, 4.69) is 15.6 Å². The normalized spacial score (nSPS) is 11.1. The predicted octanol–water partition coefficient (Wildman–Crippen LogP) is 2.34. The van der Waals surface area contributed by atoms with Gasteiger partial charge in [0.25, 0.3) is 0 Å². The Balaban J connectivity index is 2.08. The van der Waals surface area contributed by atoms with Crippen molar-refractivity contribution in [2.75, 3.05) is 41.0 Å². The molecule has 0 radical (unpaired) electrons. The van der Waals surface area contributed by atoms with E-state index < -0.39 is 0 Å². The molecule has 162 valence electrons. The lowest BCUT2D eigenvalue weighted by Gasteiger charge is -2.17. The van der Waals surface area contributed by atoms with E-state index in [0.29, 0.717) is 32.3 Å². The van der Waals surface area contributed by atoms with Gasteiger partial charge in [-0.1, -0.05) is 42.5 Å². The Morgan fingerprint density at radius 3 is 2.53 bits per heavy atom. The molecular formula is C23H32N4O3. The number of methoxy groups -OCH3 is 1. The highest BCUT2D eigenvalue weighted by Crippen LogP contribution is 2.20. The Bertz CT molecular complexity index is 822.